The number of rotatable bonds is 3. The number of carbonyl (C=O) groups is 1. The molecule has 0 aliphatic heterocycles. The Balaban J connectivity index is 3.02. The molecule has 0 aliphatic carbocycles. The van der Waals surface area contributed by atoms with E-state index in [0.29, 0.717) is 18.1 Å². The van der Waals surface area contributed by atoms with Crippen LogP contribution < -0.4 is 0 Å². The van der Waals surface area contributed by atoms with E-state index < -0.39 is 0 Å². The molecule has 0 fully saturated rings. The lowest BCUT2D eigenvalue weighted by Crippen LogP contribution is -2.05. The Morgan fingerprint density at radius 3 is 2.67 bits per heavy atom. The zero-order chi connectivity index (χ0) is 11.4. The van der Waals surface area contributed by atoms with Crippen molar-refractivity contribution < 1.29 is 9.53 Å². The van der Waals surface area contributed by atoms with E-state index in [1.807, 2.05) is 12.1 Å². The van der Waals surface area contributed by atoms with Crippen LogP contribution in [-0.2, 0) is 4.74 Å². The SMILES string of the molecule is CCOC(=O)c1ccc(Br)c(C(C)C)c1. The lowest BCUT2D eigenvalue weighted by Gasteiger charge is -2.10. The van der Waals surface area contributed by atoms with Gasteiger partial charge < -0.3 is 4.74 Å². The zero-order valence-electron chi connectivity index (χ0n) is 9.21. The summed E-state index contributed by atoms with van der Waals surface area (Å²) in [6, 6.07) is 5.54. The minimum absolute atomic E-state index is 0.257. The smallest absolute Gasteiger partial charge is 0.338 e. The van der Waals surface area contributed by atoms with E-state index in [1.54, 1.807) is 13.0 Å². The molecule has 0 atom stereocenters. The number of halogens is 1. The highest BCUT2D eigenvalue weighted by Crippen LogP contribution is 2.25. The molecule has 0 radical (unpaired) electrons. The van der Waals surface area contributed by atoms with Gasteiger partial charge in [0.05, 0.1) is 12.2 Å². The molecule has 0 unspecified atom stereocenters. The van der Waals surface area contributed by atoms with Gasteiger partial charge in [-0.15, -0.1) is 0 Å². The van der Waals surface area contributed by atoms with Crippen molar-refractivity contribution in [3.63, 3.8) is 0 Å². The highest BCUT2D eigenvalue weighted by Gasteiger charge is 2.11. The molecule has 2 nitrogen and oxygen atoms in total. The van der Waals surface area contributed by atoms with Gasteiger partial charge in [-0.2, -0.15) is 0 Å². The number of benzene rings is 1. The van der Waals surface area contributed by atoms with Crippen molar-refractivity contribution in [3.8, 4) is 0 Å². The first-order chi connectivity index (χ1) is 7.06. The molecule has 15 heavy (non-hydrogen) atoms. The monoisotopic (exact) mass is 270 g/mol. The van der Waals surface area contributed by atoms with Gasteiger partial charge >= 0.3 is 5.97 Å². The summed E-state index contributed by atoms with van der Waals surface area (Å²) in [7, 11) is 0. The maximum absolute atomic E-state index is 11.5. The molecular weight excluding hydrogens is 256 g/mol. The number of ether oxygens (including phenoxy) is 1. The van der Waals surface area contributed by atoms with Crippen LogP contribution in [0.1, 0.15) is 42.6 Å². The highest BCUT2D eigenvalue weighted by atomic mass is 79.9. The van der Waals surface area contributed by atoms with E-state index in [1.165, 1.54) is 0 Å². The molecule has 1 rings (SSSR count). The molecule has 0 saturated heterocycles. The van der Waals surface area contributed by atoms with Crippen molar-refractivity contribution in [1.82, 2.24) is 0 Å². The van der Waals surface area contributed by atoms with Crippen molar-refractivity contribution in [1.29, 1.82) is 0 Å². The summed E-state index contributed by atoms with van der Waals surface area (Å²) in [5.74, 6) is 0.126. The normalized spacial score (nSPS) is 10.5. The topological polar surface area (TPSA) is 26.3 Å². The second-order valence-electron chi connectivity index (χ2n) is 3.61. The minimum Gasteiger partial charge on any atom is -0.462 e. The Kier molecular flexibility index (Phi) is 4.33. The van der Waals surface area contributed by atoms with Gasteiger partial charge in [0, 0.05) is 4.47 Å². The van der Waals surface area contributed by atoms with Gasteiger partial charge in [0.1, 0.15) is 0 Å². The van der Waals surface area contributed by atoms with Crippen molar-refractivity contribution in [2.75, 3.05) is 6.61 Å². The van der Waals surface area contributed by atoms with E-state index in [9.17, 15) is 4.79 Å². The van der Waals surface area contributed by atoms with E-state index in [2.05, 4.69) is 29.8 Å². The molecule has 0 saturated carbocycles. The summed E-state index contributed by atoms with van der Waals surface area (Å²) in [6.45, 7) is 6.40. The summed E-state index contributed by atoms with van der Waals surface area (Å²) < 4.78 is 5.98. The van der Waals surface area contributed by atoms with E-state index >= 15 is 0 Å². The van der Waals surface area contributed by atoms with Crippen LogP contribution in [0.15, 0.2) is 22.7 Å². The predicted octanol–water partition coefficient (Wildman–Crippen LogP) is 3.75. The molecule has 0 heterocycles. The summed E-state index contributed by atoms with van der Waals surface area (Å²) in [6.07, 6.45) is 0. The summed E-state index contributed by atoms with van der Waals surface area (Å²) >= 11 is 3.47. The molecule has 0 aliphatic rings. The van der Waals surface area contributed by atoms with Crippen molar-refractivity contribution in [2.24, 2.45) is 0 Å². The van der Waals surface area contributed by atoms with Gasteiger partial charge in [0.25, 0.3) is 0 Å². The average Bonchev–Trinajstić information content (AvgIpc) is 2.18. The zero-order valence-corrected chi connectivity index (χ0v) is 10.8. The molecular formula is C12H15BrO2. The van der Waals surface area contributed by atoms with Gasteiger partial charge in [0.15, 0.2) is 0 Å². The second kappa shape index (κ2) is 5.31. The van der Waals surface area contributed by atoms with Crippen LogP contribution in [-0.4, -0.2) is 12.6 Å². The largest absolute Gasteiger partial charge is 0.462 e. The van der Waals surface area contributed by atoms with Crippen LogP contribution in [0.3, 0.4) is 0 Å². The summed E-state index contributed by atoms with van der Waals surface area (Å²) in [5, 5.41) is 0. The number of hydrogen-bond acceptors (Lipinski definition) is 2. The predicted molar refractivity (Wildman–Crippen MR) is 64.2 cm³/mol. The Bertz CT molecular complexity index is 359. The van der Waals surface area contributed by atoms with Gasteiger partial charge in [-0.3, -0.25) is 0 Å². The molecule has 1 aromatic carbocycles. The van der Waals surface area contributed by atoms with Crippen molar-refractivity contribution in [3.05, 3.63) is 33.8 Å². The first-order valence-electron chi connectivity index (χ1n) is 5.02. The molecule has 1 aromatic rings. The quantitative estimate of drug-likeness (QED) is 0.782. The third-order valence-corrected chi connectivity index (χ3v) is 2.85. The third kappa shape index (κ3) is 3.06. The van der Waals surface area contributed by atoms with E-state index in [-0.39, 0.29) is 5.97 Å². The number of carbonyl (C=O) groups excluding carboxylic acids is 1. The standard InChI is InChI=1S/C12H15BrO2/c1-4-15-12(14)9-5-6-11(13)10(7-9)8(2)3/h5-8H,4H2,1-3H3. The Labute approximate surface area is 98.8 Å². The van der Waals surface area contributed by atoms with Crippen molar-refractivity contribution >= 4 is 21.9 Å². The van der Waals surface area contributed by atoms with Crippen molar-refractivity contribution in [2.45, 2.75) is 26.7 Å². The van der Waals surface area contributed by atoms with Gasteiger partial charge in [-0.1, -0.05) is 29.8 Å². The lowest BCUT2D eigenvalue weighted by atomic mass is 10.0. The van der Waals surface area contributed by atoms with Gasteiger partial charge in [0.2, 0.25) is 0 Å². The molecule has 82 valence electrons. The maximum atomic E-state index is 11.5. The van der Waals surface area contributed by atoms with Crippen LogP contribution in [0, 0.1) is 0 Å². The Morgan fingerprint density at radius 2 is 2.13 bits per heavy atom. The molecule has 0 spiro atoms. The summed E-state index contributed by atoms with van der Waals surface area (Å²) in [5.41, 5.74) is 1.74. The van der Waals surface area contributed by atoms with Gasteiger partial charge in [-0.05, 0) is 36.6 Å². The molecule has 0 aromatic heterocycles. The average molecular weight is 271 g/mol. The summed E-state index contributed by atoms with van der Waals surface area (Å²) in [4.78, 5) is 11.5. The Hall–Kier alpha value is -0.830. The van der Waals surface area contributed by atoms with E-state index in [4.69, 9.17) is 4.74 Å². The molecule has 3 heteroatoms. The van der Waals surface area contributed by atoms with Crippen LogP contribution in [0.4, 0.5) is 0 Å². The van der Waals surface area contributed by atoms with E-state index in [0.717, 1.165) is 10.0 Å². The first-order valence-corrected chi connectivity index (χ1v) is 5.82. The molecule has 0 bridgehead atoms. The van der Waals surface area contributed by atoms with Crippen LogP contribution >= 0.6 is 15.9 Å². The maximum Gasteiger partial charge on any atom is 0.338 e. The van der Waals surface area contributed by atoms with Crippen LogP contribution in [0.5, 0.6) is 0 Å². The number of hydrogen-bond donors (Lipinski definition) is 0. The van der Waals surface area contributed by atoms with Gasteiger partial charge in [-0.25, -0.2) is 4.79 Å². The van der Waals surface area contributed by atoms with Crippen LogP contribution in [0.2, 0.25) is 0 Å². The fourth-order valence-corrected chi connectivity index (χ4v) is 2.03. The lowest BCUT2D eigenvalue weighted by molar-refractivity contribution is 0.0526. The second-order valence-corrected chi connectivity index (χ2v) is 4.47. The fourth-order valence-electron chi connectivity index (χ4n) is 1.33. The first kappa shape index (κ1) is 12.2. The Morgan fingerprint density at radius 1 is 1.47 bits per heavy atom. The fraction of sp³-hybridized carbons (Fsp3) is 0.417. The highest BCUT2D eigenvalue weighted by molar-refractivity contribution is 9.10. The number of esters is 1. The van der Waals surface area contributed by atoms with Crippen LogP contribution in [0.25, 0.3) is 0 Å². The third-order valence-electron chi connectivity index (χ3n) is 2.13. The minimum atomic E-state index is -0.257. The molecule has 0 amide bonds. The molecule has 0 N–H and O–H groups in total.